The highest BCUT2D eigenvalue weighted by Gasteiger charge is 2.26. The minimum Gasteiger partial charge on any atom is -0.445 e. The topological polar surface area (TPSA) is 46.6 Å². The summed E-state index contributed by atoms with van der Waals surface area (Å²) in [7, 11) is 3.86. The zero-order chi connectivity index (χ0) is 19.2. The molecule has 0 aliphatic rings. The van der Waals surface area contributed by atoms with Crippen molar-refractivity contribution in [2.75, 3.05) is 19.0 Å². The van der Waals surface area contributed by atoms with Gasteiger partial charge < -0.3 is 9.64 Å². The van der Waals surface area contributed by atoms with Crippen LogP contribution >= 0.6 is 0 Å². The molecule has 4 nitrogen and oxygen atoms in total. The molecule has 3 aromatic carbocycles. The van der Waals surface area contributed by atoms with E-state index in [1.807, 2.05) is 55.4 Å². The van der Waals surface area contributed by atoms with E-state index < -0.39 is 12.1 Å². The molecule has 0 heterocycles. The summed E-state index contributed by atoms with van der Waals surface area (Å²) in [5, 5.41) is 0. The number of ether oxygens (including phenoxy) is 1. The standard InChI is InChI=1S/C23H21NO3/c1-24(2)20-15-13-19(14-16-20)23(26)27-22(18-11-7-4-8-12-18)21(25)17-9-5-3-6-10-17/h3-16,22H,1-2H3/t22-/m0/s1. The Balaban J connectivity index is 1.87. The molecular formula is C23H21NO3. The summed E-state index contributed by atoms with van der Waals surface area (Å²) in [4.78, 5) is 27.6. The Morgan fingerprint density at radius 3 is 1.85 bits per heavy atom. The highest BCUT2D eigenvalue weighted by atomic mass is 16.5. The summed E-state index contributed by atoms with van der Waals surface area (Å²) in [6.45, 7) is 0. The fourth-order valence-electron chi connectivity index (χ4n) is 2.73. The molecule has 0 saturated carbocycles. The van der Waals surface area contributed by atoms with E-state index in [0.717, 1.165) is 5.69 Å². The normalized spacial score (nSPS) is 11.5. The van der Waals surface area contributed by atoms with Crippen molar-refractivity contribution in [3.63, 3.8) is 0 Å². The molecule has 0 fully saturated rings. The molecule has 0 unspecified atom stereocenters. The predicted octanol–water partition coefficient (Wildman–Crippen LogP) is 4.53. The van der Waals surface area contributed by atoms with Gasteiger partial charge in [0.2, 0.25) is 5.78 Å². The number of benzene rings is 3. The van der Waals surface area contributed by atoms with E-state index in [-0.39, 0.29) is 5.78 Å². The van der Waals surface area contributed by atoms with Crippen LogP contribution in [0.15, 0.2) is 84.9 Å². The lowest BCUT2D eigenvalue weighted by molar-refractivity contribution is 0.0280. The zero-order valence-electron chi connectivity index (χ0n) is 15.3. The SMILES string of the molecule is CN(C)c1ccc(C(=O)O[C@H](C(=O)c2ccccc2)c2ccccc2)cc1. The van der Waals surface area contributed by atoms with Crippen molar-refractivity contribution in [2.24, 2.45) is 0 Å². The van der Waals surface area contributed by atoms with Crippen LogP contribution in [0.5, 0.6) is 0 Å². The summed E-state index contributed by atoms with van der Waals surface area (Å²) in [5.74, 6) is -0.779. The molecule has 27 heavy (non-hydrogen) atoms. The Morgan fingerprint density at radius 2 is 1.30 bits per heavy atom. The van der Waals surface area contributed by atoms with Crippen LogP contribution in [0.4, 0.5) is 5.69 Å². The number of esters is 1. The number of nitrogens with zero attached hydrogens (tertiary/aromatic N) is 1. The van der Waals surface area contributed by atoms with Gasteiger partial charge in [0.15, 0.2) is 6.10 Å². The first-order chi connectivity index (χ1) is 13.1. The van der Waals surface area contributed by atoms with Gasteiger partial charge in [0.25, 0.3) is 0 Å². The lowest BCUT2D eigenvalue weighted by Crippen LogP contribution is -2.20. The Morgan fingerprint density at radius 1 is 0.741 bits per heavy atom. The van der Waals surface area contributed by atoms with Crippen molar-refractivity contribution in [1.29, 1.82) is 0 Å². The van der Waals surface area contributed by atoms with E-state index in [1.165, 1.54) is 0 Å². The molecule has 3 rings (SSSR count). The van der Waals surface area contributed by atoms with Gasteiger partial charge in [-0.05, 0) is 24.3 Å². The van der Waals surface area contributed by atoms with E-state index in [0.29, 0.717) is 16.7 Å². The number of anilines is 1. The number of hydrogen-bond donors (Lipinski definition) is 0. The molecule has 0 aliphatic heterocycles. The minimum absolute atomic E-state index is 0.250. The Bertz CT molecular complexity index is 903. The van der Waals surface area contributed by atoms with Crippen molar-refractivity contribution in [2.45, 2.75) is 6.10 Å². The summed E-state index contributed by atoms with van der Waals surface area (Å²) < 4.78 is 5.64. The van der Waals surface area contributed by atoms with Crippen molar-refractivity contribution in [3.8, 4) is 0 Å². The first-order valence-electron chi connectivity index (χ1n) is 8.69. The number of Topliss-reactive ketones (excluding diaryl/α,β-unsaturated/α-hetero) is 1. The number of carbonyl (C=O) groups excluding carboxylic acids is 2. The van der Waals surface area contributed by atoms with Crippen LogP contribution in [0.3, 0.4) is 0 Å². The van der Waals surface area contributed by atoms with Crippen LogP contribution in [0.2, 0.25) is 0 Å². The molecule has 1 atom stereocenters. The third-order valence-electron chi connectivity index (χ3n) is 4.24. The van der Waals surface area contributed by atoms with Crippen LogP contribution in [-0.4, -0.2) is 25.8 Å². The van der Waals surface area contributed by atoms with Gasteiger partial charge in [-0.3, -0.25) is 4.79 Å². The van der Waals surface area contributed by atoms with E-state index in [1.54, 1.807) is 48.5 Å². The molecule has 3 aromatic rings. The average Bonchev–Trinajstić information content (AvgIpc) is 2.72. The smallest absolute Gasteiger partial charge is 0.339 e. The van der Waals surface area contributed by atoms with Gasteiger partial charge in [0, 0.05) is 30.9 Å². The monoisotopic (exact) mass is 359 g/mol. The van der Waals surface area contributed by atoms with Crippen LogP contribution in [0, 0.1) is 0 Å². The maximum atomic E-state index is 13.0. The predicted molar refractivity (Wildman–Crippen MR) is 106 cm³/mol. The van der Waals surface area contributed by atoms with Gasteiger partial charge in [-0.25, -0.2) is 4.79 Å². The van der Waals surface area contributed by atoms with Crippen molar-refractivity contribution >= 4 is 17.4 Å². The lowest BCUT2D eigenvalue weighted by Gasteiger charge is -2.18. The quantitative estimate of drug-likeness (QED) is 0.479. The minimum atomic E-state index is -0.991. The molecule has 0 aliphatic carbocycles. The van der Waals surface area contributed by atoms with Crippen LogP contribution in [-0.2, 0) is 4.74 Å². The molecule has 0 aromatic heterocycles. The third-order valence-corrected chi connectivity index (χ3v) is 4.24. The second-order valence-corrected chi connectivity index (χ2v) is 6.37. The largest absolute Gasteiger partial charge is 0.445 e. The van der Waals surface area contributed by atoms with E-state index in [9.17, 15) is 9.59 Å². The molecule has 0 N–H and O–H groups in total. The number of rotatable bonds is 6. The van der Waals surface area contributed by atoms with Gasteiger partial charge in [-0.15, -0.1) is 0 Å². The van der Waals surface area contributed by atoms with E-state index in [2.05, 4.69) is 0 Å². The van der Waals surface area contributed by atoms with Crippen molar-refractivity contribution < 1.29 is 14.3 Å². The summed E-state index contributed by atoms with van der Waals surface area (Å²) in [5.41, 5.74) is 2.53. The first kappa shape index (κ1) is 18.4. The molecule has 0 radical (unpaired) electrons. The first-order valence-corrected chi connectivity index (χ1v) is 8.69. The van der Waals surface area contributed by atoms with Gasteiger partial charge in [0.1, 0.15) is 0 Å². The Labute approximate surface area is 159 Å². The van der Waals surface area contributed by atoms with Crippen molar-refractivity contribution in [3.05, 3.63) is 102 Å². The Hall–Kier alpha value is -3.40. The maximum Gasteiger partial charge on any atom is 0.339 e. The Kier molecular flexibility index (Phi) is 5.67. The van der Waals surface area contributed by atoms with Gasteiger partial charge in [0.05, 0.1) is 5.56 Å². The second-order valence-electron chi connectivity index (χ2n) is 6.37. The molecule has 0 bridgehead atoms. The third kappa shape index (κ3) is 4.42. The van der Waals surface area contributed by atoms with Crippen LogP contribution in [0.25, 0.3) is 0 Å². The maximum absolute atomic E-state index is 13.0. The zero-order valence-corrected chi connectivity index (χ0v) is 15.3. The number of carbonyl (C=O) groups is 2. The fourth-order valence-corrected chi connectivity index (χ4v) is 2.73. The molecular weight excluding hydrogens is 338 g/mol. The summed E-state index contributed by atoms with van der Waals surface area (Å²) >= 11 is 0. The summed E-state index contributed by atoms with van der Waals surface area (Å²) in [6, 6.07) is 25.0. The molecule has 136 valence electrons. The van der Waals surface area contributed by atoms with E-state index in [4.69, 9.17) is 4.74 Å². The van der Waals surface area contributed by atoms with Gasteiger partial charge >= 0.3 is 5.97 Å². The van der Waals surface area contributed by atoms with Gasteiger partial charge in [-0.1, -0.05) is 60.7 Å². The number of hydrogen-bond acceptors (Lipinski definition) is 4. The van der Waals surface area contributed by atoms with Gasteiger partial charge in [-0.2, -0.15) is 0 Å². The van der Waals surface area contributed by atoms with E-state index >= 15 is 0 Å². The molecule has 0 spiro atoms. The lowest BCUT2D eigenvalue weighted by atomic mass is 10.00. The van der Waals surface area contributed by atoms with Crippen LogP contribution in [0.1, 0.15) is 32.4 Å². The number of ketones is 1. The molecule has 0 saturated heterocycles. The van der Waals surface area contributed by atoms with Crippen molar-refractivity contribution in [1.82, 2.24) is 0 Å². The average molecular weight is 359 g/mol. The fraction of sp³-hybridized carbons (Fsp3) is 0.130. The second kappa shape index (κ2) is 8.32. The molecule has 4 heteroatoms. The van der Waals surface area contributed by atoms with Crippen LogP contribution < -0.4 is 4.90 Å². The highest BCUT2D eigenvalue weighted by Crippen LogP contribution is 2.24. The summed E-state index contributed by atoms with van der Waals surface area (Å²) in [6.07, 6.45) is -0.991. The molecule has 0 amide bonds. The highest BCUT2D eigenvalue weighted by molar-refractivity contribution is 6.02.